The fourth-order valence-corrected chi connectivity index (χ4v) is 0.674. The number of allylic oxidation sites excluding steroid dienone is 1. The molecule has 2 atom stereocenters. The Kier molecular flexibility index (Phi) is 5.32. The van der Waals surface area contributed by atoms with Crippen LogP contribution in [0, 0.1) is 5.92 Å². The van der Waals surface area contributed by atoms with E-state index in [1.165, 1.54) is 6.42 Å². The van der Waals surface area contributed by atoms with Crippen LogP contribution in [0.15, 0.2) is 12.2 Å². The third kappa shape index (κ3) is 5.83. The largest absolute Gasteiger partial charge is 0.389 e. The minimum Gasteiger partial charge on any atom is -0.389 e. The van der Waals surface area contributed by atoms with E-state index >= 15 is 0 Å². The second-order valence-corrected chi connectivity index (χ2v) is 2.92. The molecule has 10 heavy (non-hydrogen) atoms. The maximum absolute atomic E-state index is 8.85. The lowest BCUT2D eigenvalue weighted by Crippen LogP contribution is -1.93. The van der Waals surface area contributed by atoms with Crippen LogP contribution in [0.2, 0.25) is 0 Å². The summed E-state index contributed by atoms with van der Waals surface area (Å²) < 4.78 is 0. The van der Waals surface area contributed by atoms with Gasteiger partial charge >= 0.3 is 0 Å². The second-order valence-electron chi connectivity index (χ2n) is 2.92. The Morgan fingerprint density at radius 2 is 2.00 bits per heavy atom. The molecule has 0 spiro atoms. The van der Waals surface area contributed by atoms with Crippen LogP contribution in [-0.2, 0) is 0 Å². The summed E-state index contributed by atoms with van der Waals surface area (Å²) in [6.07, 6.45) is 5.90. The number of hydrogen-bond donors (Lipinski definition) is 1. The summed E-state index contributed by atoms with van der Waals surface area (Å²) >= 11 is 0. The van der Waals surface area contributed by atoms with E-state index in [0.717, 1.165) is 12.3 Å². The smallest absolute Gasteiger partial charge is 0.0692 e. The number of aliphatic hydroxyl groups excluding tert-OH is 1. The zero-order valence-corrected chi connectivity index (χ0v) is 7.17. The first-order valence-electron chi connectivity index (χ1n) is 4.01. The van der Waals surface area contributed by atoms with Crippen LogP contribution in [0.1, 0.15) is 33.6 Å². The lowest BCUT2D eigenvalue weighted by atomic mass is 10.1. The first-order chi connectivity index (χ1) is 4.66. The Bertz CT molecular complexity index is 94.9. The Morgan fingerprint density at radius 1 is 1.40 bits per heavy atom. The monoisotopic (exact) mass is 142 g/mol. The third-order valence-electron chi connectivity index (χ3n) is 1.65. The minimum atomic E-state index is -0.288. The predicted molar refractivity (Wildman–Crippen MR) is 44.9 cm³/mol. The molecule has 0 rings (SSSR count). The zero-order valence-electron chi connectivity index (χ0n) is 7.17. The molecule has 60 valence electrons. The van der Waals surface area contributed by atoms with E-state index < -0.39 is 0 Å². The highest BCUT2D eigenvalue weighted by Gasteiger charge is 1.93. The van der Waals surface area contributed by atoms with Crippen molar-refractivity contribution in [1.82, 2.24) is 0 Å². The maximum Gasteiger partial charge on any atom is 0.0692 e. The predicted octanol–water partition coefficient (Wildman–Crippen LogP) is 2.36. The molecule has 0 aliphatic rings. The van der Waals surface area contributed by atoms with E-state index in [1.54, 1.807) is 6.92 Å². The summed E-state index contributed by atoms with van der Waals surface area (Å²) in [6, 6.07) is 0. The third-order valence-corrected chi connectivity index (χ3v) is 1.65. The van der Waals surface area contributed by atoms with Crippen molar-refractivity contribution in [3.8, 4) is 0 Å². The standard InChI is InChI=1S/C9H18O/c1-4-8(2)6-5-7-9(3)10/h5,7-10H,4,6H2,1-3H3. The molecule has 2 unspecified atom stereocenters. The molecule has 0 aromatic rings. The summed E-state index contributed by atoms with van der Waals surface area (Å²) in [5.41, 5.74) is 0. The van der Waals surface area contributed by atoms with Crippen LogP contribution in [0.4, 0.5) is 0 Å². The lowest BCUT2D eigenvalue weighted by Gasteiger charge is -2.02. The molecule has 1 N–H and O–H groups in total. The van der Waals surface area contributed by atoms with E-state index in [-0.39, 0.29) is 6.10 Å². The van der Waals surface area contributed by atoms with Crippen molar-refractivity contribution in [2.75, 3.05) is 0 Å². The lowest BCUT2D eigenvalue weighted by molar-refractivity contribution is 0.243. The molecular weight excluding hydrogens is 124 g/mol. The first kappa shape index (κ1) is 9.70. The fraction of sp³-hybridized carbons (Fsp3) is 0.778. The van der Waals surface area contributed by atoms with Gasteiger partial charge in [-0.05, 0) is 19.3 Å². The Hall–Kier alpha value is -0.300. The summed E-state index contributed by atoms with van der Waals surface area (Å²) in [5, 5.41) is 8.85. The molecule has 0 saturated heterocycles. The van der Waals surface area contributed by atoms with Gasteiger partial charge in [0.25, 0.3) is 0 Å². The van der Waals surface area contributed by atoms with E-state index in [4.69, 9.17) is 5.11 Å². The molecule has 0 aromatic heterocycles. The van der Waals surface area contributed by atoms with Crippen LogP contribution < -0.4 is 0 Å². The molecule has 0 heterocycles. The van der Waals surface area contributed by atoms with Crippen molar-refractivity contribution in [3.05, 3.63) is 12.2 Å². The van der Waals surface area contributed by atoms with Crippen molar-refractivity contribution < 1.29 is 5.11 Å². The van der Waals surface area contributed by atoms with Crippen LogP contribution in [0.3, 0.4) is 0 Å². The summed E-state index contributed by atoms with van der Waals surface area (Å²) in [6.45, 7) is 6.17. The SMILES string of the molecule is CCC(C)CC=CC(C)O. The van der Waals surface area contributed by atoms with Crippen molar-refractivity contribution in [2.24, 2.45) is 5.92 Å². The molecule has 0 saturated carbocycles. The first-order valence-corrected chi connectivity index (χ1v) is 4.01. The zero-order chi connectivity index (χ0) is 7.98. The molecule has 0 aliphatic heterocycles. The van der Waals surface area contributed by atoms with Crippen molar-refractivity contribution in [2.45, 2.75) is 39.7 Å². The van der Waals surface area contributed by atoms with Crippen molar-refractivity contribution in [1.29, 1.82) is 0 Å². The highest BCUT2D eigenvalue weighted by molar-refractivity contribution is 4.86. The summed E-state index contributed by atoms with van der Waals surface area (Å²) in [5.74, 6) is 0.745. The number of rotatable bonds is 4. The van der Waals surface area contributed by atoms with Crippen LogP contribution in [-0.4, -0.2) is 11.2 Å². The normalized spacial score (nSPS) is 17.6. The van der Waals surface area contributed by atoms with Gasteiger partial charge in [-0.2, -0.15) is 0 Å². The van der Waals surface area contributed by atoms with Crippen molar-refractivity contribution >= 4 is 0 Å². The van der Waals surface area contributed by atoms with Gasteiger partial charge in [-0.25, -0.2) is 0 Å². The van der Waals surface area contributed by atoms with Gasteiger partial charge in [0, 0.05) is 0 Å². The van der Waals surface area contributed by atoms with Gasteiger partial charge in [0.05, 0.1) is 6.10 Å². The van der Waals surface area contributed by atoms with Gasteiger partial charge in [-0.3, -0.25) is 0 Å². The van der Waals surface area contributed by atoms with E-state index in [0.29, 0.717) is 0 Å². The van der Waals surface area contributed by atoms with Gasteiger partial charge in [-0.1, -0.05) is 32.4 Å². The van der Waals surface area contributed by atoms with Crippen molar-refractivity contribution in [3.63, 3.8) is 0 Å². The molecular formula is C9H18O. The van der Waals surface area contributed by atoms with Crippen LogP contribution >= 0.6 is 0 Å². The van der Waals surface area contributed by atoms with E-state index in [9.17, 15) is 0 Å². The van der Waals surface area contributed by atoms with Gasteiger partial charge in [0.15, 0.2) is 0 Å². The molecule has 0 aromatic carbocycles. The molecule has 0 fully saturated rings. The summed E-state index contributed by atoms with van der Waals surface area (Å²) in [7, 11) is 0. The summed E-state index contributed by atoms with van der Waals surface area (Å²) in [4.78, 5) is 0. The second kappa shape index (κ2) is 5.48. The van der Waals surface area contributed by atoms with Crippen LogP contribution in [0.25, 0.3) is 0 Å². The van der Waals surface area contributed by atoms with Gasteiger partial charge in [0.1, 0.15) is 0 Å². The molecule has 0 aliphatic carbocycles. The molecule has 1 heteroatoms. The van der Waals surface area contributed by atoms with Gasteiger partial charge < -0.3 is 5.11 Å². The average molecular weight is 142 g/mol. The Labute approximate surface area is 63.8 Å². The highest BCUT2D eigenvalue weighted by atomic mass is 16.3. The molecule has 0 bridgehead atoms. The van der Waals surface area contributed by atoms with Gasteiger partial charge in [-0.15, -0.1) is 0 Å². The fourth-order valence-electron chi connectivity index (χ4n) is 0.674. The quantitative estimate of drug-likeness (QED) is 0.597. The maximum atomic E-state index is 8.85. The average Bonchev–Trinajstić information content (AvgIpc) is 1.87. The minimum absolute atomic E-state index is 0.288. The molecule has 1 nitrogen and oxygen atoms in total. The Morgan fingerprint density at radius 3 is 2.40 bits per heavy atom. The van der Waals surface area contributed by atoms with E-state index in [2.05, 4.69) is 19.9 Å². The van der Waals surface area contributed by atoms with Crippen LogP contribution in [0.5, 0.6) is 0 Å². The van der Waals surface area contributed by atoms with E-state index in [1.807, 2.05) is 6.08 Å². The van der Waals surface area contributed by atoms with Gasteiger partial charge in [0.2, 0.25) is 0 Å². The Balaban J connectivity index is 3.33. The number of aliphatic hydroxyl groups is 1. The number of hydrogen-bond acceptors (Lipinski definition) is 1. The molecule has 0 radical (unpaired) electrons. The molecule has 0 amide bonds. The highest BCUT2D eigenvalue weighted by Crippen LogP contribution is 2.06. The topological polar surface area (TPSA) is 20.2 Å².